The van der Waals surface area contributed by atoms with Crippen LogP contribution in [0.3, 0.4) is 0 Å². The summed E-state index contributed by atoms with van der Waals surface area (Å²) < 4.78 is 5.87. The number of H-pyrrole nitrogens is 1. The SMILES string of the molecule is Clc1ccc(Oc2cccc(CNc3ccc4[nH]ncc4c3)c2)cc1. The summed E-state index contributed by atoms with van der Waals surface area (Å²) >= 11 is 5.90. The molecule has 0 aliphatic carbocycles. The predicted molar refractivity (Wildman–Crippen MR) is 101 cm³/mol. The van der Waals surface area contributed by atoms with Crippen LogP contribution in [-0.4, -0.2) is 10.2 Å². The molecule has 0 spiro atoms. The number of hydrogen-bond donors (Lipinski definition) is 2. The number of benzene rings is 3. The van der Waals surface area contributed by atoms with Crippen LogP contribution < -0.4 is 10.1 Å². The smallest absolute Gasteiger partial charge is 0.127 e. The van der Waals surface area contributed by atoms with Gasteiger partial charge >= 0.3 is 0 Å². The lowest BCUT2D eigenvalue weighted by Gasteiger charge is -2.10. The zero-order valence-corrected chi connectivity index (χ0v) is 14.1. The second kappa shape index (κ2) is 6.87. The van der Waals surface area contributed by atoms with E-state index in [0.29, 0.717) is 11.6 Å². The van der Waals surface area contributed by atoms with E-state index >= 15 is 0 Å². The number of hydrogen-bond acceptors (Lipinski definition) is 3. The van der Waals surface area contributed by atoms with Gasteiger partial charge in [0.2, 0.25) is 0 Å². The summed E-state index contributed by atoms with van der Waals surface area (Å²) in [6, 6.07) is 21.5. The number of halogens is 1. The molecule has 0 saturated carbocycles. The van der Waals surface area contributed by atoms with Gasteiger partial charge in [-0.3, -0.25) is 5.10 Å². The third-order valence-corrected chi connectivity index (χ3v) is 4.14. The molecule has 4 aromatic rings. The van der Waals surface area contributed by atoms with Crippen LogP contribution in [-0.2, 0) is 6.54 Å². The Morgan fingerprint density at radius 2 is 1.84 bits per heavy atom. The molecule has 0 aliphatic heterocycles. The van der Waals surface area contributed by atoms with E-state index in [4.69, 9.17) is 16.3 Å². The number of rotatable bonds is 5. The summed E-state index contributed by atoms with van der Waals surface area (Å²) in [6.07, 6.45) is 1.82. The minimum absolute atomic E-state index is 0.694. The lowest BCUT2D eigenvalue weighted by Crippen LogP contribution is -1.99. The van der Waals surface area contributed by atoms with Gasteiger partial charge in [0.15, 0.2) is 0 Å². The highest BCUT2D eigenvalue weighted by molar-refractivity contribution is 6.30. The minimum Gasteiger partial charge on any atom is -0.457 e. The normalized spacial score (nSPS) is 10.8. The van der Waals surface area contributed by atoms with Crippen LogP contribution in [0.1, 0.15) is 5.56 Å². The molecule has 0 radical (unpaired) electrons. The van der Waals surface area contributed by atoms with Crippen LogP contribution in [0.5, 0.6) is 11.5 Å². The highest BCUT2D eigenvalue weighted by Gasteiger charge is 2.01. The van der Waals surface area contributed by atoms with E-state index in [9.17, 15) is 0 Å². The Kier molecular flexibility index (Phi) is 4.27. The molecule has 3 aromatic carbocycles. The Labute approximate surface area is 150 Å². The fourth-order valence-corrected chi connectivity index (χ4v) is 2.74. The number of aromatic nitrogens is 2. The van der Waals surface area contributed by atoms with Gasteiger partial charge in [-0.15, -0.1) is 0 Å². The fraction of sp³-hybridized carbons (Fsp3) is 0.0500. The van der Waals surface area contributed by atoms with E-state index in [-0.39, 0.29) is 0 Å². The van der Waals surface area contributed by atoms with E-state index < -0.39 is 0 Å². The monoisotopic (exact) mass is 349 g/mol. The van der Waals surface area contributed by atoms with Crippen molar-refractivity contribution < 1.29 is 4.74 Å². The van der Waals surface area contributed by atoms with E-state index in [0.717, 1.165) is 33.7 Å². The van der Waals surface area contributed by atoms with Gasteiger partial charge in [-0.05, 0) is 60.2 Å². The summed E-state index contributed by atoms with van der Waals surface area (Å²) in [7, 11) is 0. The minimum atomic E-state index is 0.694. The Bertz CT molecular complexity index is 995. The van der Waals surface area contributed by atoms with Crippen molar-refractivity contribution in [3.63, 3.8) is 0 Å². The molecule has 0 aliphatic rings. The van der Waals surface area contributed by atoms with Gasteiger partial charge < -0.3 is 10.1 Å². The molecule has 0 bridgehead atoms. The first kappa shape index (κ1) is 15.5. The van der Waals surface area contributed by atoms with Crippen molar-refractivity contribution in [3.8, 4) is 11.5 Å². The summed E-state index contributed by atoms with van der Waals surface area (Å²) in [4.78, 5) is 0. The van der Waals surface area contributed by atoms with Gasteiger partial charge in [-0.1, -0.05) is 23.7 Å². The molecule has 1 heterocycles. The molecule has 4 nitrogen and oxygen atoms in total. The van der Waals surface area contributed by atoms with Crippen LogP contribution in [0, 0.1) is 0 Å². The fourth-order valence-electron chi connectivity index (χ4n) is 2.61. The van der Waals surface area contributed by atoms with Crippen molar-refractivity contribution in [1.82, 2.24) is 10.2 Å². The summed E-state index contributed by atoms with van der Waals surface area (Å²) in [6.45, 7) is 0.709. The zero-order chi connectivity index (χ0) is 17.1. The average Bonchev–Trinajstić information content (AvgIpc) is 3.10. The highest BCUT2D eigenvalue weighted by atomic mass is 35.5. The molecule has 0 amide bonds. The van der Waals surface area contributed by atoms with Crippen molar-refractivity contribution in [2.24, 2.45) is 0 Å². The van der Waals surface area contributed by atoms with Gasteiger partial charge in [0, 0.05) is 22.6 Å². The summed E-state index contributed by atoms with van der Waals surface area (Å²) in [5.74, 6) is 1.56. The first-order chi connectivity index (χ1) is 12.3. The van der Waals surface area contributed by atoms with Crippen LogP contribution in [0.2, 0.25) is 5.02 Å². The van der Waals surface area contributed by atoms with Crippen LogP contribution in [0.4, 0.5) is 5.69 Å². The predicted octanol–water partition coefficient (Wildman–Crippen LogP) is 5.62. The molecule has 1 aromatic heterocycles. The van der Waals surface area contributed by atoms with Gasteiger partial charge in [0.1, 0.15) is 11.5 Å². The molecule has 25 heavy (non-hydrogen) atoms. The maximum atomic E-state index is 5.90. The second-order valence-electron chi connectivity index (χ2n) is 5.73. The number of nitrogens with one attached hydrogen (secondary N) is 2. The largest absolute Gasteiger partial charge is 0.457 e. The van der Waals surface area contributed by atoms with Gasteiger partial charge in [-0.2, -0.15) is 5.10 Å². The topological polar surface area (TPSA) is 49.9 Å². The van der Waals surface area contributed by atoms with Crippen molar-refractivity contribution >= 4 is 28.2 Å². The maximum absolute atomic E-state index is 5.90. The number of anilines is 1. The molecular formula is C20H16ClN3O. The lowest BCUT2D eigenvalue weighted by molar-refractivity contribution is 0.482. The molecule has 0 fully saturated rings. The third kappa shape index (κ3) is 3.75. The molecule has 124 valence electrons. The van der Waals surface area contributed by atoms with E-state index in [1.54, 1.807) is 0 Å². The number of ether oxygens (including phenoxy) is 1. The number of nitrogens with zero attached hydrogens (tertiary/aromatic N) is 1. The molecule has 0 saturated heterocycles. The molecule has 0 atom stereocenters. The van der Waals surface area contributed by atoms with Crippen LogP contribution >= 0.6 is 11.6 Å². The standard InChI is InChI=1S/C20H16ClN3O/c21-16-4-7-18(8-5-16)25-19-3-1-2-14(10-19)12-22-17-6-9-20-15(11-17)13-23-24-20/h1-11,13,22H,12H2,(H,23,24). The molecular weight excluding hydrogens is 334 g/mol. The van der Waals surface area contributed by atoms with E-state index in [1.807, 2.05) is 60.8 Å². The van der Waals surface area contributed by atoms with Crippen molar-refractivity contribution in [3.05, 3.63) is 83.5 Å². The Balaban J connectivity index is 1.44. The van der Waals surface area contributed by atoms with Gasteiger partial charge in [-0.25, -0.2) is 0 Å². The maximum Gasteiger partial charge on any atom is 0.127 e. The van der Waals surface area contributed by atoms with E-state index in [1.165, 1.54) is 0 Å². The number of fused-ring (bicyclic) bond motifs is 1. The van der Waals surface area contributed by atoms with Crippen LogP contribution in [0.15, 0.2) is 72.9 Å². The summed E-state index contributed by atoms with van der Waals surface area (Å²) in [5.41, 5.74) is 3.22. The van der Waals surface area contributed by atoms with Gasteiger partial charge in [0.25, 0.3) is 0 Å². The van der Waals surface area contributed by atoms with Crippen molar-refractivity contribution in [1.29, 1.82) is 0 Å². The molecule has 2 N–H and O–H groups in total. The molecule has 4 rings (SSSR count). The second-order valence-corrected chi connectivity index (χ2v) is 6.17. The third-order valence-electron chi connectivity index (χ3n) is 3.88. The van der Waals surface area contributed by atoms with Crippen molar-refractivity contribution in [2.45, 2.75) is 6.54 Å². The quantitative estimate of drug-likeness (QED) is 0.491. The summed E-state index contributed by atoms with van der Waals surface area (Å²) in [5, 5.41) is 12.2. The highest BCUT2D eigenvalue weighted by Crippen LogP contribution is 2.24. The first-order valence-corrected chi connectivity index (χ1v) is 8.33. The Morgan fingerprint density at radius 3 is 2.72 bits per heavy atom. The number of aromatic amines is 1. The van der Waals surface area contributed by atoms with Gasteiger partial charge in [0.05, 0.1) is 11.7 Å². The molecule has 5 heteroatoms. The van der Waals surface area contributed by atoms with Crippen molar-refractivity contribution in [2.75, 3.05) is 5.32 Å². The average molecular weight is 350 g/mol. The van der Waals surface area contributed by atoms with Crippen LogP contribution in [0.25, 0.3) is 10.9 Å². The van der Waals surface area contributed by atoms with E-state index in [2.05, 4.69) is 27.6 Å². The Hall–Kier alpha value is -2.98. The first-order valence-electron chi connectivity index (χ1n) is 7.96. The lowest BCUT2D eigenvalue weighted by atomic mass is 10.2. The zero-order valence-electron chi connectivity index (χ0n) is 13.4. The molecule has 0 unspecified atom stereocenters. The Morgan fingerprint density at radius 1 is 0.960 bits per heavy atom.